The van der Waals surface area contributed by atoms with Crippen molar-refractivity contribution in [2.45, 2.75) is 23.6 Å². The summed E-state index contributed by atoms with van der Waals surface area (Å²) in [4.78, 5) is 13.1. The number of hydrogen-bond acceptors (Lipinski definition) is 6. The van der Waals surface area contributed by atoms with Gasteiger partial charge in [-0.2, -0.15) is 0 Å². The van der Waals surface area contributed by atoms with Gasteiger partial charge in [0.1, 0.15) is 0 Å². The summed E-state index contributed by atoms with van der Waals surface area (Å²) in [6, 6.07) is -0.633. The number of ether oxygens (including phenoxy) is 1. The molecule has 1 aromatic heterocycles. The van der Waals surface area contributed by atoms with E-state index in [1.807, 2.05) is 0 Å². The van der Waals surface area contributed by atoms with E-state index in [0.29, 0.717) is 30.1 Å². The first kappa shape index (κ1) is 15.3. The zero-order valence-electron chi connectivity index (χ0n) is 10.1. The van der Waals surface area contributed by atoms with Crippen LogP contribution in [0.3, 0.4) is 0 Å². The second-order valence-electron chi connectivity index (χ2n) is 3.71. The van der Waals surface area contributed by atoms with Gasteiger partial charge in [0.05, 0.1) is 6.61 Å². The number of aromatic amines is 1. The number of thiazole rings is 1. The second kappa shape index (κ2) is 6.43. The fourth-order valence-electron chi connectivity index (χ4n) is 1.37. The van der Waals surface area contributed by atoms with Crippen molar-refractivity contribution in [1.82, 2.24) is 9.71 Å². The van der Waals surface area contributed by atoms with Crippen molar-refractivity contribution < 1.29 is 18.3 Å². The van der Waals surface area contributed by atoms with Crippen LogP contribution in [0.4, 0.5) is 0 Å². The van der Waals surface area contributed by atoms with Gasteiger partial charge in [0.25, 0.3) is 10.0 Å². The Morgan fingerprint density at radius 2 is 2.22 bits per heavy atom. The molecule has 0 aromatic carbocycles. The number of methoxy groups -OCH3 is 1. The van der Waals surface area contributed by atoms with E-state index in [-0.39, 0.29) is 10.8 Å². The van der Waals surface area contributed by atoms with Crippen LogP contribution in [-0.4, -0.2) is 44.9 Å². The lowest BCUT2D eigenvalue weighted by Crippen LogP contribution is -2.38. The highest BCUT2D eigenvalue weighted by Crippen LogP contribution is 2.16. The highest BCUT2D eigenvalue weighted by Gasteiger charge is 2.23. The van der Waals surface area contributed by atoms with Crippen LogP contribution in [-0.2, 0) is 14.8 Å². The molecule has 0 saturated carbocycles. The molecule has 0 amide bonds. The van der Waals surface area contributed by atoms with Gasteiger partial charge >= 0.3 is 4.87 Å². The van der Waals surface area contributed by atoms with Crippen LogP contribution in [0.5, 0.6) is 0 Å². The summed E-state index contributed by atoms with van der Waals surface area (Å²) < 4.78 is 31.1. The number of rotatable bonds is 7. The largest absolute Gasteiger partial charge is 0.395 e. The zero-order valence-corrected chi connectivity index (χ0v) is 11.7. The molecule has 0 aliphatic carbocycles. The Morgan fingerprint density at radius 1 is 1.56 bits per heavy atom. The maximum Gasteiger partial charge on any atom is 0.305 e. The molecule has 1 heterocycles. The number of aliphatic hydroxyl groups excluding tert-OH is 1. The molecular weight excluding hydrogens is 280 g/mol. The molecule has 3 N–H and O–H groups in total. The van der Waals surface area contributed by atoms with Crippen LogP contribution >= 0.6 is 11.3 Å². The first-order valence-electron chi connectivity index (χ1n) is 5.22. The highest BCUT2D eigenvalue weighted by atomic mass is 32.2. The van der Waals surface area contributed by atoms with E-state index in [1.54, 1.807) is 0 Å². The average Bonchev–Trinajstić information content (AvgIpc) is 2.64. The molecule has 18 heavy (non-hydrogen) atoms. The van der Waals surface area contributed by atoms with Crippen LogP contribution < -0.4 is 9.60 Å². The van der Waals surface area contributed by atoms with Gasteiger partial charge in [-0.25, -0.2) is 13.1 Å². The minimum Gasteiger partial charge on any atom is -0.395 e. The molecule has 1 atom stereocenters. The Labute approximate surface area is 109 Å². The lowest BCUT2D eigenvalue weighted by Gasteiger charge is -2.15. The molecule has 104 valence electrons. The molecule has 0 aliphatic rings. The first-order chi connectivity index (χ1) is 8.40. The summed E-state index contributed by atoms with van der Waals surface area (Å²) in [6.07, 6.45) is 0.352. The minimum atomic E-state index is -3.79. The van der Waals surface area contributed by atoms with Gasteiger partial charge < -0.3 is 14.8 Å². The van der Waals surface area contributed by atoms with Crippen molar-refractivity contribution in [3.8, 4) is 0 Å². The number of hydrogen-bond donors (Lipinski definition) is 3. The van der Waals surface area contributed by atoms with Gasteiger partial charge in [-0.05, 0) is 13.3 Å². The molecule has 1 aromatic rings. The Hall–Kier alpha value is -0.740. The van der Waals surface area contributed by atoms with Crippen molar-refractivity contribution in [3.05, 3.63) is 15.4 Å². The van der Waals surface area contributed by atoms with Crippen LogP contribution in [0.25, 0.3) is 0 Å². The van der Waals surface area contributed by atoms with Crippen LogP contribution in [0.1, 0.15) is 12.1 Å². The molecule has 0 bridgehead atoms. The molecule has 1 rings (SSSR count). The van der Waals surface area contributed by atoms with Crippen molar-refractivity contribution >= 4 is 21.4 Å². The summed E-state index contributed by atoms with van der Waals surface area (Å²) in [5.41, 5.74) is 0.293. The van der Waals surface area contributed by atoms with Gasteiger partial charge in [0, 0.05) is 25.5 Å². The third-order valence-corrected chi connectivity index (χ3v) is 5.36. The quantitative estimate of drug-likeness (QED) is 0.624. The van der Waals surface area contributed by atoms with Crippen molar-refractivity contribution in [2.75, 3.05) is 20.3 Å². The Bertz CT molecular complexity index is 533. The summed E-state index contributed by atoms with van der Waals surface area (Å²) in [5.74, 6) is 0. The fourth-order valence-corrected chi connectivity index (χ4v) is 3.95. The summed E-state index contributed by atoms with van der Waals surface area (Å²) in [7, 11) is -2.30. The summed E-state index contributed by atoms with van der Waals surface area (Å²) in [5, 5.41) is 9.09. The SMILES string of the molecule is COCCC(CO)NS(=O)(=O)c1sc(=O)[nH]c1C. The molecule has 0 saturated heterocycles. The van der Waals surface area contributed by atoms with E-state index in [1.165, 1.54) is 14.0 Å². The molecule has 0 fully saturated rings. The topological polar surface area (TPSA) is 108 Å². The van der Waals surface area contributed by atoms with Crippen LogP contribution in [0.15, 0.2) is 9.00 Å². The highest BCUT2D eigenvalue weighted by molar-refractivity contribution is 7.91. The number of aromatic nitrogens is 1. The van der Waals surface area contributed by atoms with Gasteiger partial charge in [-0.15, -0.1) is 0 Å². The molecule has 0 radical (unpaired) electrons. The number of H-pyrrole nitrogens is 1. The van der Waals surface area contributed by atoms with Gasteiger partial charge in [0.2, 0.25) is 0 Å². The summed E-state index contributed by atoms with van der Waals surface area (Å²) in [6.45, 7) is 1.51. The summed E-state index contributed by atoms with van der Waals surface area (Å²) >= 11 is 0.623. The fraction of sp³-hybridized carbons (Fsp3) is 0.667. The van der Waals surface area contributed by atoms with Gasteiger partial charge in [-0.1, -0.05) is 11.3 Å². The molecule has 0 aliphatic heterocycles. The van der Waals surface area contributed by atoms with Crippen molar-refractivity contribution in [2.24, 2.45) is 0 Å². The smallest absolute Gasteiger partial charge is 0.305 e. The van der Waals surface area contributed by atoms with Crippen LogP contribution in [0, 0.1) is 6.92 Å². The number of aryl methyl sites for hydroxylation is 1. The molecule has 1 unspecified atom stereocenters. The monoisotopic (exact) mass is 296 g/mol. The molecule has 7 nitrogen and oxygen atoms in total. The van der Waals surface area contributed by atoms with Crippen LogP contribution in [0.2, 0.25) is 0 Å². The Kier molecular flexibility index (Phi) is 5.47. The minimum absolute atomic E-state index is 0.0524. The van der Waals surface area contributed by atoms with E-state index >= 15 is 0 Å². The number of nitrogens with one attached hydrogen (secondary N) is 2. The average molecular weight is 296 g/mol. The van der Waals surface area contributed by atoms with E-state index in [0.717, 1.165) is 0 Å². The predicted octanol–water partition coefficient (Wildman–Crippen LogP) is -0.579. The van der Waals surface area contributed by atoms with Crippen molar-refractivity contribution in [1.29, 1.82) is 0 Å². The molecule has 0 spiro atoms. The number of aliphatic hydroxyl groups is 1. The number of sulfonamides is 1. The normalized spacial score (nSPS) is 13.7. The van der Waals surface area contributed by atoms with E-state index in [9.17, 15) is 13.2 Å². The Morgan fingerprint density at radius 3 is 2.67 bits per heavy atom. The Balaban J connectivity index is 2.87. The lowest BCUT2D eigenvalue weighted by atomic mass is 10.2. The van der Waals surface area contributed by atoms with Gasteiger partial charge in [-0.3, -0.25) is 4.79 Å². The van der Waals surface area contributed by atoms with E-state index in [4.69, 9.17) is 9.84 Å². The third-order valence-electron chi connectivity index (χ3n) is 2.24. The molecule has 9 heteroatoms. The standard InChI is InChI=1S/C9H16N2O5S2/c1-6-8(17-9(13)10-6)18(14,15)11-7(5-12)3-4-16-2/h7,11-12H,3-5H2,1-2H3,(H,10,13). The van der Waals surface area contributed by atoms with Gasteiger partial charge in [0.15, 0.2) is 4.21 Å². The maximum atomic E-state index is 12.0. The predicted molar refractivity (Wildman–Crippen MR) is 67.4 cm³/mol. The zero-order chi connectivity index (χ0) is 13.8. The third kappa shape index (κ3) is 3.89. The first-order valence-corrected chi connectivity index (χ1v) is 7.52. The second-order valence-corrected chi connectivity index (χ2v) is 6.60. The maximum absolute atomic E-state index is 12.0. The van der Waals surface area contributed by atoms with E-state index in [2.05, 4.69) is 9.71 Å². The van der Waals surface area contributed by atoms with Crippen molar-refractivity contribution in [3.63, 3.8) is 0 Å². The van der Waals surface area contributed by atoms with E-state index < -0.39 is 20.9 Å². The molecular formula is C9H16N2O5S2. The lowest BCUT2D eigenvalue weighted by molar-refractivity contribution is 0.166.